The molecule has 0 atom stereocenters. The Morgan fingerprint density at radius 1 is 0.208 bits per heavy atom. The van der Waals surface area contributed by atoms with E-state index in [4.69, 9.17) is 8.22 Å². The minimum absolute atomic E-state index is 0.394. The number of hydrogen-bond donors (Lipinski definition) is 0. The maximum atomic E-state index is 7.61. The Balaban J connectivity index is 0.000000172. The second-order valence-corrected chi connectivity index (χ2v) is 26.1. The van der Waals surface area contributed by atoms with Gasteiger partial charge in [-0.15, -0.1) is 0 Å². The molecule has 6 heteroatoms. The first kappa shape index (κ1) is 64.9. The van der Waals surface area contributed by atoms with E-state index in [-0.39, 0.29) is 0 Å². The minimum atomic E-state index is -2.07. The first-order valence-electron chi connectivity index (χ1n) is 36.2. The fraction of sp³-hybridized carbons (Fsp3) is 0.267. The van der Waals surface area contributed by atoms with Crippen LogP contribution in [0.25, 0.3) is 67.5 Å². The molecule has 0 saturated heterocycles. The summed E-state index contributed by atoms with van der Waals surface area (Å²) in [6, 6.07) is 62.3. The summed E-state index contributed by atoms with van der Waals surface area (Å²) < 4.78 is 58.1. The van der Waals surface area contributed by atoms with Crippen molar-refractivity contribution in [2.24, 2.45) is 42.3 Å². The van der Waals surface area contributed by atoms with Gasteiger partial charge in [0.2, 0.25) is 34.2 Å². The van der Waals surface area contributed by atoms with Crippen LogP contribution >= 0.6 is 0 Å². The summed E-state index contributed by atoms with van der Waals surface area (Å²) >= 11 is 0. The fourth-order valence-electron chi connectivity index (χ4n) is 12.9. The molecule has 0 unspecified atom stereocenters. The minimum Gasteiger partial charge on any atom is -0.201 e. The number of aromatic nitrogens is 6. The summed E-state index contributed by atoms with van der Waals surface area (Å²) in [7, 11) is 12.4. The normalized spacial score (nSPS) is 11.7. The zero-order chi connectivity index (χ0) is 75.2. The number of pyridine rings is 6. The van der Waals surface area contributed by atoms with Crippen molar-refractivity contribution in [1.29, 1.82) is 0 Å². The summed E-state index contributed by atoms with van der Waals surface area (Å²) in [5.74, 6) is 0. The predicted molar refractivity (Wildman–Crippen MR) is 404 cm³/mol. The molecule has 12 rings (SSSR count). The molecule has 6 nitrogen and oxygen atoms in total. The topological polar surface area (TPSA) is 23.3 Å². The lowest BCUT2D eigenvalue weighted by atomic mass is 9.97. The van der Waals surface area contributed by atoms with Gasteiger partial charge in [-0.2, -0.15) is 0 Å². The third-order valence-corrected chi connectivity index (χ3v) is 18.0. The van der Waals surface area contributed by atoms with Gasteiger partial charge in [0.25, 0.3) is 0 Å². The smallest absolute Gasteiger partial charge is 0.201 e. The molecule has 0 bridgehead atoms. The number of benzene rings is 6. The van der Waals surface area contributed by atoms with E-state index in [1.807, 2.05) is 88.2 Å². The molecule has 12 aromatic rings. The molecule has 0 N–H and O–H groups in total. The zero-order valence-corrected chi connectivity index (χ0v) is 61.5. The van der Waals surface area contributed by atoms with Crippen LogP contribution in [0.5, 0.6) is 0 Å². The molecule has 0 aliphatic carbocycles. The van der Waals surface area contributed by atoms with Crippen molar-refractivity contribution in [2.45, 2.75) is 124 Å². The van der Waals surface area contributed by atoms with Gasteiger partial charge in [0.15, 0.2) is 37.2 Å². The summed E-state index contributed by atoms with van der Waals surface area (Å²) in [5, 5.41) is 0. The van der Waals surface area contributed by atoms with E-state index in [2.05, 4.69) is 293 Å². The van der Waals surface area contributed by atoms with Crippen molar-refractivity contribution in [3.05, 3.63) is 319 Å². The van der Waals surface area contributed by atoms with Crippen LogP contribution < -0.4 is 27.4 Å². The lowest BCUT2D eigenvalue weighted by molar-refractivity contribution is -0.660. The Bertz CT molecular complexity index is 4650. The Hall–Kier alpha value is -9.78. The van der Waals surface area contributed by atoms with Crippen LogP contribution in [0.15, 0.2) is 219 Å². The quantitative estimate of drug-likeness (QED) is 0.148. The fourth-order valence-corrected chi connectivity index (χ4v) is 12.9. The molecule has 0 aliphatic rings. The van der Waals surface area contributed by atoms with E-state index in [0.29, 0.717) is 11.1 Å². The lowest BCUT2D eigenvalue weighted by Gasteiger charge is -2.09. The van der Waals surface area contributed by atoms with E-state index >= 15 is 0 Å². The maximum absolute atomic E-state index is 7.61. The van der Waals surface area contributed by atoms with Gasteiger partial charge in [0.1, 0.15) is 42.3 Å². The number of nitrogens with zero attached hydrogens (tertiary/aromatic N) is 6. The molecule has 492 valence electrons. The van der Waals surface area contributed by atoms with Crippen LogP contribution in [-0.4, -0.2) is 0 Å². The standard InChI is InChI=1S/6C15H18N/c1-11-7-5-9-14(13(11)3)15-12(2)8-6-10-16(15)4;1-11-7-5-8-12(2)14(11)15-13(3)9-6-10-16(15)4;2*1-11-7-8-12(2)14(10-11)15-13(3)6-5-9-16(15)4;2*1-11-7-8-14(13(3)10-11)15-12(2)6-5-9-16(15)4/h6*5-10H,1-4H3/q6*+1/i1D3;;;;1D3;. The Labute approximate surface area is 586 Å². The summed E-state index contributed by atoms with van der Waals surface area (Å²) in [6.07, 6.45) is 12.4. The van der Waals surface area contributed by atoms with Crippen LogP contribution in [0, 0.1) is 124 Å². The number of hydrogen-bond acceptors (Lipinski definition) is 0. The van der Waals surface area contributed by atoms with Crippen molar-refractivity contribution in [2.75, 3.05) is 0 Å². The second-order valence-electron chi connectivity index (χ2n) is 26.1. The van der Waals surface area contributed by atoms with Gasteiger partial charge in [-0.05, 0) is 236 Å². The first-order valence-corrected chi connectivity index (χ1v) is 33.2. The number of aryl methyl sites for hydroxylation is 23. The van der Waals surface area contributed by atoms with Crippen molar-refractivity contribution >= 4 is 0 Å². The van der Waals surface area contributed by atoms with Crippen molar-refractivity contribution in [3.63, 3.8) is 0 Å². The highest BCUT2D eigenvalue weighted by molar-refractivity contribution is 5.70. The molecule has 0 radical (unpaired) electrons. The summed E-state index contributed by atoms with van der Waals surface area (Å²) in [6.45, 7) is 29.8. The first-order chi connectivity index (χ1) is 48.0. The maximum Gasteiger partial charge on any atom is 0.215 e. The average molecular weight is 1280 g/mol. The molecule has 96 heavy (non-hydrogen) atoms. The third kappa shape index (κ3) is 18.4. The SMILES string of the molecule is Cc1ccc(-c2c(C)ccc[n+]2C)c(C)c1.Cc1ccc(C)c(-c2c(C)ccc[n+]2C)c1.Cc1ccc(C)c(-c2c(C)ccc[n+]2C)c1.Cc1cccc(C)c1-c1c(C)ccc[n+]1C.[2H]C([2H])([2H])c1ccc(-c2c(C)ccc[n+]2C)c(C)c1.[2H]C([2H])([2H])c1cccc(-c2c(C)ccc[n+]2C)c1C. The summed E-state index contributed by atoms with van der Waals surface area (Å²) in [4.78, 5) is 0. The van der Waals surface area contributed by atoms with Crippen LogP contribution in [0.3, 0.4) is 0 Å². The largest absolute Gasteiger partial charge is 0.215 e. The molecular formula is C90H108N6+6. The van der Waals surface area contributed by atoms with E-state index in [9.17, 15) is 0 Å². The molecule has 0 aliphatic heterocycles. The van der Waals surface area contributed by atoms with Crippen molar-refractivity contribution < 1.29 is 35.6 Å². The van der Waals surface area contributed by atoms with Crippen LogP contribution in [0.2, 0.25) is 0 Å². The molecule has 0 spiro atoms. The van der Waals surface area contributed by atoms with Crippen molar-refractivity contribution in [3.8, 4) is 67.5 Å². The third-order valence-electron chi connectivity index (χ3n) is 18.0. The lowest BCUT2D eigenvalue weighted by Crippen LogP contribution is -2.31. The highest BCUT2D eigenvalue weighted by atomic mass is 14.9. The predicted octanol–water partition coefficient (Wildman–Crippen LogP) is 18.6. The molecule has 0 saturated carbocycles. The van der Waals surface area contributed by atoms with Gasteiger partial charge in [0.05, 0.1) is 5.56 Å². The zero-order valence-electron chi connectivity index (χ0n) is 67.5. The number of rotatable bonds is 6. The molecule has 6 aromatic carbocycles. The van der Waals surface area contributed by atoms with E-state index in [0.717, 1.165) is 39.2 Å². The molecule has 6 aromatic heterocycles. The highest BCUT2D eigenvalue weighted by Crippen LogP contribution is 2.30. The molecular weight excluding hydrogens is 1170 g/mol. The van der Waals surface area contributed by atoms with Gasteiger partial charge < -0.3 is 0 Å². The van der Waals surface area contributed by atoms with Crippen LogP contribution in [0.1, 0.15) is 108 Å². The van der Waals surface area contributed by atoms with Crippen LogP contribution in [-0.2, 0) is 42.3 Å². The van der Waals surface area contributed by atoms with Gasteiger partial charge in [0, 0.05) is 106 Å². The Morgan fingerprint density at radius 2 is 0.490 bits per heavy atom. The van der Waals surface area contributed by atoms with Crippen LogP contribution in [0.4, 0.5) is 0 Å². The molecule has 6 heterocycles. The van der Waals surface area contributed by atoms with Gasteiger partial charge in [-0.25, -0.2) is 27.4 Å². The molecule has 0 amide bonds. The van der Waals surface area contributed by atoms with E-state index in [1.165, 1.54) is 117 Å². The van der Waals surface area contributed by atoms with Gasteiger partial charge in [-0.1, -0.05) is 101 Å². The van der Waals surface area contributed by atoms with E-state index in [1.54, 1.807) is 18.2 Å². The van der Waals surface area contributed by atoms with E-state index < -0.39 is 13.7 Å². The van der Waals surface area contributed by atoms with Gasteiger partial charge >= 0.3 is 0 Å². The second kappa shape index (κ2) is 33.6. The summed E-state index contributed by atoms with van der Waals surface area (Å²) in [5.41, 5.74) is 35.7. The Kier molecular flexibility index (Phi) is 22.7. The average Bonchev–Trinajstić information content (AvgIpc) is 0.801. The van der Waals surface area contributed by atoms with Gasteiger partial charge in [-0.3, -0.25) is 0 Å². The highest BCUT2D eigenvalue weighted by Gasteiger charge is 2.21. The Morgan fingerprint density at radius 3 is 0.833 bits per heavy atom. The molecule has 0 fully saturated rings. The monoisotopic (exact) mass is 1280 g/mol. The van der Waals surface area contributed by atoms with Crippen molar-refractivity contribution in [1.82, 2.24) is 0 Å².